The van der Waals surface area contributed by atoms with E-state index in [-0.39, 0.29) is 11.0 Å². The number of carbonyl (C=O) groups excluding carboxylic acids is 1. The molecule has 0 fully saturated rings. The normalized spacial score (nSPS) is 17.4. The first-order chi connectivity index (χ1) is 7.72. The van der Waals surface area contributed by atoms with Crippen molar-refractivity contribution in [3.05, 3.63) is 23.8 Å². The molecule has 96 valence electrons. The summed E-state index contributed by atoms with van der Waals surface area (Å²) < 4.78 is 5.65. The molecule has 1 aliphatic rings. The van der Waals surface area contributed by atoms with E-state index in [4.69, 9.17) is 4.43 Å². The Balaban J connectivity index is 2.55. The molecule has 0 aromatic heterocycles. The first-order valence-corrected chi connectivity index (χ1v) is 9.23. The first-order valence-electron chi connectivity index (χ1n) is 6.32. The zero-order chi connectivity index (χ0) is 13.1. The van der Waals surface area contributed by atoms with Crippen LogP contribution in [0.2, 0.25) is 18.1 Å². The topological polar surface area (TPSA) is 26.3 Å². The third-order valence-corrected chi connectivity index (χ3v) is 8.00. The highest BCUT2D eigenvalue weighted by Gasteiger charge is 2.39. The number of allylic oxidation sites excluding steroid dienone is 3. The highest BCUT2D eigenvalue weighted by molar-refractivity contribution is 6.75. The Hall–Kier alpha value is -0.833. The van der Waals surface area contributed by atoms with Crippen LogP contribution in [0.5, 0.6) is 0 Å². The van der Waals surface area contributed by atoms with Crippen LogP contribution in [-0.2, 0) is 9.22 Å². The van der Waals surface area contributed by atoms with E-state index >= 15 is 0 Å². The highest BCUT2D eigenvalue weighted by atomic mass is 28.4. The SMILES string of the molecule is CC(C)(C)[Si](C)(C)OC(=O)C=CC1=CCCC1. The van der Waals surface area contributed by atoms with Crippen molar-refractivity contribution in [2.24, 2.45) is 0 Å². The van der Waals surface area contributed by atoms with Gasteiger partial charge in [0.1, 0.15) is 0 Å². The van der Waals surface area contributed by atoms with E-state index in [0.29, 0.717) is 0 Å². The molecule has 0 aliphatic heterocycles. The average molecular weight is 252 g/mol. The lowest BCUT2D eigenvalue weighted by Gasteiger charge is -2.34. The van der Waals surface area contributed by atoms with Crippen molar-refractivity contribution >= 4 is 14.3 Å². The molecule has 0 amide bonds. The van der Waals surface area contributed by atoms with E-state index in [1.807, 2.05) is 6.08 Å². The maximum absolute atomic E-state index is 11.8. The van der Waals surface area contributed by atoms with Crippen LogP contribution in [0.3, 0.4) is 0 Å². The lowest BCUT2D eigenvalue weighted by molar-refractivity contribution is -0.130. The van der Waals surface area contributed by atoms with Gasteiger partial charge in [0, 0.05) is 6.08 Å². The summed E-state index contributed by atoms with van der Waals surface area (Å²) >= 11 is 0. The molecule has 0 aromatic carbocycles. The van der Waals surface area contributed by atoms with Crippen LogP contribution in [0.4, 0.5) is 0 Å². The van der Waals surface area contributed by atoms with Crippen molar-refractivity contribution in [2.45, 2.75) is 58.2 Å². The zero-order valence-electron chi connectivity index (χ0n) is 11.7. The van der Waals surface area contributed by atoms with Crippen LogP contribution in [0.1, 0.15) is 40.0 Å². The van der Waals surface area contributed by atoms with Crippen LogP contribution in [0.25, 0.3) is 0 Å². The minimum Gasteiger partial charge on any atom is -0.516 e. The molecular formula is C14H24O2Si. The minimum absolute atomic E-state index is 0.0725. The molecule has 0 saturated heterocycles. The molecule has 1 rings (SSSR count). The molecule has 0 unspecified atom stereocenters. The van der Waals surface area contributed by atoms with Crippen LogP contribution >= 0.6 is 0 Å². The van der Waals surface area contributed by atoms with E-state index in [9.17, 15) is 4.79 Å². The predicted octanol–water partition coefficient (Wildman–Crippen LogP) is 4.20. The van der Waals surface area contributed by atoms with Gasteiger partial charge in [-0.15, -0.1) is 0 Å². The third-order valence-electron chi connectivity index (χ3n) is 3.67. The number of rotatable bonds is 3. The summed E-state index contributed by atoms with van der Waals surface area (Å²) in [6, 6.07) is 0. The second kappa shape index (κ2) is 5.21. The second-order valence-corrected chi connectivity index (χ2v) is 10.9. The predicted molar refractivity (Wildman–Crippen MR) is 74.4 cm³/mol. The smallest absolute Gasteiger partial charge is 0.317 e. The van der Waals surface area contributed by atoms with Gasteiger partial charge in [-0.05, 0) is 37.4 Å². The number of hydrogen-bond donors (Lipinski definition) is 0. The Morgan fingerprint density at radius 3 is 2.53 bits per heavy atom. The Kier molecular flexibility index (Phi) is 4.36. The van der Waals surface area contributed by atoms with Crippen molar-refractivity contribution < 1.29 is 9.22 Å². The molecule has 0 radical (unpaired) electrons. The Bertz CT molecular complexity index is 346. The zero-order valence-corrected chi connectivity index (χ0v) is 12.7. The van der Waals surface area contributed by atoms with Crippen molar-refractivity contribution in [3.63, 3.8) is 0 Å². The molecule has 0 saturated carbocycles. The molecule has 0 N–H and O–H groups in total. The van der Waals surface area contributed by atoms with Gasteiger partial charge in [-0.2, -0.15) is 0 Å². The standard InChI is InChI=1S/C14H24O2Si/c1-14(2,3)17(4,5)16-13(15)11-10-12-8-6-7-9-12/h8,10-11H,6-7,9H2,1-5H3. The van der Waals surface area contributed by atoms with Crippen LogP contribution in [0.15, 0.2) is 23.8 Å². The first kappa shape index (κ1) is 14.2. The summed E-state index contributed by atoms with van der Waals surface area (Å²) in [4.78, 5) is 11.8. The van der Waals surface area contributed by atoms with Gasteiger partial charge in [-0.3, -0.25) is 0 Å². The van der Waals surface area contributed by atoms with E-state index in [1.165, 1.54) is 12.0 Å². The molecule has 17 heavy (non-hydrogen) atoms. The van der Waals surface area contributed by atoms with Crippen LogP contribution in [-0.4, -0.2) is 14.3 Å². The van der Waals surface area contributed by atoms with Gasteiger partial charge in [0.05, 0.1) is 0 Å². The van der Waals surface area contributed by atoms with Crippen molar-refractivity contribution in [3.8, 4) is 0 Å². The molecule has 2 nitrogen and oxygen atoms in total. The van der Waals surface area contributed by atoms with Gasteiger partial charge in [0.25, 0.3) is 8.32 Å². The number of hydrogen-bond acceptors (Lipinski definition) is 2. The maximum atomic E-state index is 11.8. The monoisotopic (exact) mass is 252 g/mol. The summed E-state index contributed by atoms with van der Waals surface area (Å²) in [6.45, 7) is 10.6. The molecule has 0 aromatic rings. The minimum atomic E-state index is -1.97. The van der Waals surface area contributed by atoms with Gasteiger partial charge in [0.15, 0.2) is 0 Å². The molecular weight excluding hydrogens is 228 g/mol. The quantitative estimate of drug-likeness (QED) is 0.556. The summed E-state index contributed by atoms with van der Waals surface area (Å²) in [5.41, 5.74) is 1.26. The van der Waals surface area contributed by atoms with Gasteiger partial charge in [-0.1, -0.05) is 38.5 Å². The Labute approximate surface area is 106 Å². The van der Waals surface area contributed by atoms with Crippen molar-refractivity contribution in [1.29, 1.82) is 0 Å². The third kappa shape index (κ3) is 4.15. The molecule has 3 heteroatoms. The fourth-order valence-electron chi connectivity index (χ4n) is 1.46. The van der Waals surface area contributed by atoms with Gasteiger partial charge < -0.3 is 4.43 Å². The Morgan fingerprint density at radius 1 is 1.41 bits per heavy atom. The summed E-state index contributed by atoms with van der Waals surface area (Å²) in [6.07, 6.45) is 9.11. The van der Waals surface area contributed by atoms with E-state index < -0.39 is 8.32 Å². The molecule has 0 spiro atoms. The summed E-state index contributed by atoms with van der Waals surface area (Å²) in [7, 11) is -1.97. The lowest BCUT2D eigenvalue weighted by Crippen LogP contribution is -2.42. The lowest BCUT2D eigenvalue weighted by atomic mass is 10.2. The molecule has 0 atom stereocenters. The van der Waals surface area contributed by atoms with Crippen LogP contribution < -0.4 is 0 Å². The number of carbonyl (C=O) groups is 1. The van der Waals surface area contributed by atoms with Crippen molar-refractivity contribution in [1.82, 2.24) is 0 Å². The summed E-state index contributed by atoms with van der Waals surface area (Å²) in [5.74, 6) is -0.190. The van der Waals surface area contributed by atoms with Crippen molar-refractivity contribution in [2.75, 3.05) is 0 Å². The van der Waals surface area contributed by atoms with Gasteiger partial charge in [-0.25, -0.2) is 4.79 Å². The average Bonchev–Trinajstić information content (AvgIpc) is 2.64. The maximum Gasteiger partial charge on any atom is 0.317 e. The molecule has 0 heterocycles. The second-order valence-electron chi connectivity index (χ2n) is 6.19. The molecule has 1 aliphatic carbocycles. The molecule has 0 bridgehead atoms. The van der Waals surface area contributed by atoms with E-state index in [2.05, 4.69) is 39.9 Å². The van der Waals surface area contributed by atoms with Crippen LogP contribution in [0, 0.1) is 0 Å². The fourth-order valence-corrected chi connectivity index (χ4v) is 2.34. The summed E-state index contributed by atoms with van der Waals surface area (Å²) in [5, 5.41) is 0.0725. The highest BCUT2D eigenvalue weighted by Crippen LogP contribution is 2.36. The van der Waals surface area contributed by atoms with E-state index in [1.54, 1.807) is 6.08 Å². The largest absolute Gasteiger partial charge is 0.516 e. The van der Waals surface area contributed by atoms with Gasteiger partial charge >= 0.3 is 5.97 Å². The van der Waals surface area contributed by atoms with Gasteiger partial charge in [0.2, 0.25) is 0 Å². The Morgan fingerprint density at radius 2 is 2.06 bits per heavy atom. The van der Waals surface area contributed by atoms with E-state index in [0.717, 1.165) is 12.8 Å². The fraction of sp³-hybridized carbons (Fsp3) is 0.643.